The molecule has 0 aliphatic heterocycles. The summed E-state index contributed by atoms with van der Waals surface area (Å²) in [4.78, 5) is 0. The average molecular weight is 194 g/mol. The molecule has 1 fully saturated rings. The van der Waals surface area contributed by atoms with Gasteiger partial charge < -0.3 is 5.73 Å². The van der Waals surface area contributed by atoms with Crippen LogP contribution in [-0.4, -0.2) is 15.0 Å². The fourth-order valence-corrected chi connectivity index (χ4v) is 2.29. The zero-order valence-electron chi connectivity index (χ0n) is 8.90. The lowest BCUT2D eigenvalue weighted by molar-refractivity contribution is 0.474. The first kappa shape index (κ1) is 9.49. The number of anilines is 1. The molecule has 1 aromatic rings. The van der Waals surface area contributed by atoms with Crippen LogP contribution in [0.4, 0.5) is 5.82 Å². The molecular formula is C10H18N4. The van der Waals surface area contributed by atoms with Crippen LogP contribution in [0.15, 0.2) is 0 Å². The van der Waals surface area contributed by atoms with Crippen LogP contribution in [-0.2, 0) is 0 Å². The lowest BCUT2D eigenvalue weighted by atomic mass is 10.0. The molecule has 0 atom stereocenters. The molecule has 1 aromatic heterocycles. The largest absolute Gasteiger partial charge is 0.381 e. The Morgan fingerprint density at radius 2 is 2.00 bits per heavy atom. The lowest BCUT2D eigenvalue weighted by Gasteiger charge is -2.14. The monoisotopic (exact) mass is 194 g/mol. The second-order valence-electron chi connectivity index (χ2n) is 4.38. The van der Waals surface area contributed by atoms with Gasteiger partial charge in [0.25, 0.3) is 0 Å². The van der Waals surface area contributed by atoms with Crippen molar-refractivity contribution in [3.8, 4) is 0 Å². The number of hydrogen-bond donors (Lipinski definition) is 1. The molecule has 14 heavy (non-hydrogen) atoms. The number of nitrogen functional groups attached to an aromatic ring is 1. The highest BCUT2D eigenvalue weighted by atomic mass is 15.5. The Balaban J connectivity index is 2.33. The topological polar surface area (TPSA) is 56.7 Å². The molecule has 0 saturated heterocycles. The molecule has 0 aromatic carbocycles. The maximum Gasteiger partial charge on any atom is 0.169 e. The van der Waals surface area contributed by atoms with Crippen molar-refractivity contribution in [1.82, 2.24) is 15.0 Å². The Morgan fingerprint density at radius 1 is 1.36 bits per heavy atom. The van der Waals surface area contributed by atoms with E-state index in [0.29, 0.717) is 17.8 Å². The standard InChI is InChI=1S/C10H18N4/c1-7(2)14-9(10(11)12-13-14)8-5-3-4-6-8/h7-8H,3-6,11H2,1-2H3. The third kappa shape index (κ3) is 1.49. The Morgan fingerprint density at radius 3 is 2.57 bits per heavy atom. The van der Waals surface area contributed by atoms with E-state index in [2.05, 4.69) is 24.2 Å². The second kappa shape index (κ2) is 3.59. The minimum Gasteiger partial charge on any atom is -0.381 e. The van der Waals surface area contributed by atoms with Crippen molar-refractivity contribution in [1.29, 1.82) is 0 Å². The normalized spacial score (nSPS) is 18.2. The number of nitrogens with zero attached hydrogens (tertiary/aromatic N) is 3. The Labute approximate surface area is 84.5 Å². The van der Waals surface area contributed by atoms with E-state index >= 15 is 0 Å². The van der Waals surface area contributed by atoms with E-state index in [4.69, 9.17) is 5.73 Å². The smallest absolute Gasteiger partial charge is 0.169 e. The van der Waals surface area contributed by atoms with Crippen LogP contribution in [0, 0.1) is 0 Å². The zero-order chi connectivity index (χ0) is 10.1. The molecule has 1 aliphatic rings. The molecule has 0 amide bonds. The molecule has 0 radical (unpaired) electrons. The lowest BCUT2D eigenvalue weighted by Crippen LogP contribution is -2.11. The molecule has 1 saturated carbocycles. The van der Waals surface area contributed by atoms with E-state index in [1.54, 1.807) is 0 Å². The molecule has 0 spiro atoms. The van der Waals surface area contributed by atoms with Crippen LogP contribution in [0.3, 0.4) is 0 Å². The van der Waals surface area contributed by atoms with Crippen molar-refractivity contribution >= 4 is 5.82 Å². The fourth-order valence-electron chi connectivity index (χ4n) is 2.29. The first-order valence-corrected chi connectivity index (χ1v) is 5.40. The minimum atomic E-state index is 0.357. The summed E-state index contributed by atoms with van der Waals surface area (Å²) in [5.41, 5.74) is 7.03. The summed E-state index contributed by atoms with van der Waals surface area (Å²) < 4.78 is 1.98. The summed E-state index contributed by atoms with van der Waals surface area (Å²) in [5.74, 6) is 1.22. The van der Waals surface area contributed by atoms with Gasteiger partial charge in [0.2, 0.25) is 0 Å². The van der Waals surface area contributed by atoms with Gasteiger partial charge in [-0.05, 0) is 26.7 Å². The Kier molecular flexibility index (Phi) is 2.44. The number of rotatable bonds is 2. The summed E-state index contributed by atoms with van der Waals surface area (Å²) in [5, 5.41) is 8.07. The van der Waals surface area contributed by atoms with Crippen LogP contribution in [0.2, 0.25) is 0 Å². The molecule has 4 heteroatoms. The summed E-state index contributed by atoms with van der Waals surface area (Å²) in [6, 6.07) is 0.357. The first-order chi connectivity index (χ1) is 6.70. The molecular weight excluding hydrogens is 176 g/mol. The van der Waals surface area contributed by atoms with E-state index in [1.807, 2.05) is 4.68 Å². The molecule has 4 nitrogen and oxygen atoms in total. The summed E-state index contributed by atoms with van der Waals surface area (Å²) in [7, 11) is 0. The highest BCUT2D eigenvalue weighted by molar-refractivity contribution is 5.36. The molecule has 2 N–H and O–H groups in total. The van der Waals surface area contributed by atoms with E-state index in [0.717, 1.165) is 5.69 Å². The van der Waals surface area contributed by atoms with Crippen molar-refractivity contribution in [2.45, 2.75) is 51.5 Å². The second-order valence-corrected chi connectivity index (χ2v) is 4.38. The van der Waals surface area contributed by atoms with Gasteiger partial charge in [0.05, 0.1) is 5.69 Å². The maximum absolute atomic E-state index is 5.86. The third-order valence-electron chi connectivity index (χ3n) is 2.99. The molecule has 0 unspecified atom stereocenters. The van der Waals surface area contributed by atoms with E-state index in [9.17, 15) is 0 Å². The zero-order valence-corrected chi connectivity index (χ0v) is 8.90. The quantitative estimate of drug-likeness (QED) is 0.784. The Bertz CT molecular complexity index is 310. The molecule has 1 heterocycles. The predicted octanol–water partition coefficient (Wildman–Crippen LogP) is 2.10. The van der Waals surface area contributed by atoms with Crippen LogP contribution >= 0.6 is 0 Å². The van der Waals surface area contributed by atoms with Crippen molar-refractivity contribution in [3.05, 3.63) is 5.69 Å². The van der Waals surface area contributed by atoms with Gasteiger partial charge in [-0.1, -0.05) is 18.1 Å². The molecule has 2 rings (SSSR count). The van der Waals surface area contributed by atoms with Crippen molar-refractivity contribution < 1.29 is 0 Å². The fraction of sp³-hybridized carbons (Fsp3) is 0.800. The van der Waals surface area contributed by atoms with Gasteiger partial charge in [-0.2, -0.15) is 0 Å². The predicted molar refractivity (Wildman–Crippen MR) is 56.0 cm³/mol. The molecule has 78 valence electrons. The summed E-state index contributed by atoms with van der Waals surface area (Å²) >= 11 is 0. The number of hydrogen-bond acceptors (Lipinski definition) is 3. The van der Waals surface area contributed by atoms with Crippen LogP contribution in [0.25, 0.3) is 0 Å². The van der Waals surface area contributed by atoms with Crippen molar-refractivity contribution in [3.63, 3.8) is 0 Å². The Hall–Kier alpha value is -1.06. The van der Waals surface area contributed by atoms with E-state index in [-0.39, 0.29) is 0 Å². The van der Waals surface area contributed by atoms with E-state index < -0.39 is 0 Å². The van der Waals surface area contributed by atoms with Gasteiger partial charge in [0, 0.05) is 12.0 Å². The van der Waals surface area contributed by atoms with Gasteiger partial charge >= 0.3 is 0 Å². The maximum atomic E-state index is 5.86. The highest BCUT2D eigenvalue weighted by Gasteiger charge is 2.25. The van der Waals surface area contributed by atoms with Crippen LogP contribution in [0.1, 0.15) is 57.2 Å². The van der Waals surface area contributed by atoms with Crippen LogP contribution < -0.4 is 5.73 Å². The molecule has 1 aliphatic carbocycles. The van der Waals surface area contributed by atoms with Gasteiger partial charge in [-0.25, -0.2) is 4.68 Å². The summed E-state index contributed by atoms with van der Waals surface area (Å²) in [6.45, 7) is 4.24. The first-order valence-electron chi connectivity index (χ1n) is 5.40. The average Bonchev–Trinajstić information content (AvgIpc) is 2.71. The molecule has 0 bridgehead atoms. The summed E-state index contributed by atoms with van der Waals surface area (Å²) in [6.07, 6.45) is 5.11. The van der Waals surface area contributed by atoms with Gasteiger partial charge in [-0.15, -0.1) is 5.10 Å². The van der Waals surface area contributed by atoms with Gasteiger partial charge in [0.15, 0.2) is 5.82 Å². The third-order valence-corrected chi connectivity index (χ3v) is 2.99. The highest BCUT2D eigenvalue weighted by Crippen LogP contribution is 2.36. The minimum absolute atomic E-state index is 0.357. The SMILES string of the molecule is CC(C)n1nnc(N)c1C1CCCC1. The van der Waals surface area contributed by atoms with E-state index in [1.165, 1.54) is 25.7 Å². The van der Waals surface area contributed by atoms with Crippen molar-refractivity contribution in [2.75, 3.05) is 5.73 Å². The number of aromatic nitrogens is 3. The van der Waals surface area contributed by atoms with Gasteiger partial charge in [-0.3, -0.25) is 0 Å². The van der Waals surface area contributed by atoms with Crippen molar-refractivity contribution in [2.24, 2.45) is 0 Å². The number of nitrogens with two attached hydrogens (primary N) is 1. The van der Waals surface area contributed by atoms with Gasteiger partial charge in [0.1, 0.15) is 0 Å². The van der Waals surface area contributed by atoms with Crippen LogP contribution in [0.5, 0.6) is 0 Å².